The summed E-state index contributed by atoms with van der Waals surface area (Å²) in [5, 5.41) is 17.8. The summed E-state index contributed by atoms with van der Waals surface area (Å²) < 4.78 is 72.1. The van der Waals surface area contributed by atoms with E-state index in [1.54, 1.807) is 6.07 Å². The molecule has 1 aromatic heterocycles. The van der Waals surface area contributed by atoms with Crippen molar-refractivity contribution in [2.45, 2.75) is 31.5 Å². The van der Waals surface area contributed by atoms with Gasteiger partial charge in [-0.3, -0.25) is 10.2 Å². The van der Waals surface area contributed by atoms with Gasteiger partial charge in [0.1, 0.15) is 11.8 Å². The van der Waals surface area contributed by atoms with E-state index in [4.69, 9.17) is 28.0 Å². The van der Waals surface area contributed by atoms with E-state index in [-0.39, 0.29) is 22.0 Å². The van der Waals surface area contributed by atoms with Crippen molar-refractivity contribution in [2.75, 3.05) is 5.32 Å². The highest BCUT2D eigenvalue weighted by molar-refractivity contribution is 6.34. The monoisotopic (exact) mass is 475 g/mol. The highest BCUT2D eigenvalue weighted by Crippen LogP contribution is 2.34. The van der Waals surface area contributed by atoms with Crippen LogP contribution in [0.2, 0.25) is 5.02 Å². The molecule has 0 bridgehead atoms. The second-order valence-corrected chi connectivity index (χ2v) is 7.04. The lowest BCUT2D eigenvalue weighted by Gasteiger charge is -2.24. The molecule has 1 heterocycles. The zero-order chi connectivity index (χ0) is 24.2. The fourth-order valence-electron chi connectivity index (χ4n) is 2.75. The molecule has 1 amide bonds. The highest BCUT2D eigenvalue weighted by atomic mass is 35.5. The summed E-state index contributed by atoms with van der Waals surface area (Å²) in [5.74, 6) is -4.99. The van der Waals surface area contributed by atoms with Gasteiger partial charge in [0.25, 0.3) is 11.9 Å². The van der Waals surface area contributed by atoms with Crippen molar-refractivity contribution in [1.82, 2.24) is 4.98 Å². The Hall–Kier alpha value is -3.46. The minimum Gasteiger partial charge on any atom is -0.453 e. The van der Waals surface area contributed by atoms with Gasteiger partial charge >= 0.3 is 6.18 Å². The van der Waals surface area contributed by atoms with Crippen LogP contribution in [0.25, 0.3) is 0 Å². The molecular weight excluding hydrogens is 461 g/mol. The van der Waals surface area contributed by atoms with Crippen molar-refractivity contribution < 1.29 is 31.5 Å². The minimum absolute atomic E-state index is 0.0856. The molecule has 0 aliphatic heterocycles. The van der Waals surface area contributed by atoms with E-state index in [0.717, 1.165) is 12.3 Å². The number of amidine groups is 1. The summed E-state index contributed by atoms with van der Waals surface area (Å²) in [6, 6.07) is 3.36. The number of nitrogens with zero attached hydrogens (tertiary/aromatic N) is 2. The lowest BCUT2D eigenvalue weighted by Crippen LogP contribution is -2.37. The number of anilines is 1. The summed E-state index contributed by atoms with van der Waals surface area (Å²) >= 11 is 5.89. The van der Waals surface area contributed by atoms with Crippen LogP contribution in [0.1, 0.15) is 40.9 Å². The van der Waals surface area contributed by atoms with Gasteiger partial charge in [-0.1, -0.05) is 18.5 Å². The molecule has 0 spiro atoms. The molecule has 2 atom stereocenters. The first-order chi connectivity index (χ1) is 14.8. The fraction of sp³-hybridized carbons (Fsp3) is 0.263. The Morgan fingerprint density at radius 3 is 2.56 bits per heavy atom. The Labute approximate surface area is 183 Å². The van der Waals surface area contributed by atoms with Gasteiger partial charge in [0, 0.05) is 24.4 Å². The van der Waals surface area contributed by atoms with Gasteiger partial charge in [0.2, 0.25) is 0 Å². The van der Waals surface area contributed by atoms with E-state index in [1.165, 1.54) is 13.0 Å². The van der Waals surface area contributed by atoms with Gasteiger partial charge in [-0.25, -0.2) is 13.8 Å². The Morgan fingerprint density at radius 2 is 2.03 bits per heavy atom. The van der Waals surface area contributed by atoms with Crippen molar-refractivity contribution in [1.29, 1.82) is 10.7 Å². The molecular formula is C19H15ClF5N5O2. The number of pyridine rings is 1. The lowest BCUT2D eigenvalue weighted by atomic mass is 9.93. The normalized spacial score (nSPS) is 13.1. The van der Waals surface area contributed by atoms with Crippen molar-refractivity contribution >= 4 is 29.2 Å². The molecule has 4 N–H and O–H groups in total. The second-order valence-electron chi connectivity index (χ2n) is 6.63. The summed E-state index contributed by atoms with van der Waals surface area (Å²) in [6.07, 6.45) is -7.25. The molecule has 32 heavy (non-hydrogen) atoms. The number of carbonyl (C=O) groups excluding carboxylic acids is 1. The van der Waals surface area contributed by atoms with E-state index in [1.807, 2.05) is 0 Å². The van der Waals surface area contributed by atoms with Crippen LogP contribution in [0.15, 0.2) is 24.4 Å². The maximum Gasteiger partial charge on any atom is 0.425 e. The molecule has 0 saturated carbocycles. The number of carbonyl (C=O) groups is 1. The molecule has 1 aromatic carbocycles. The number of nitrogens with two attached hydrogens (primary N) is 1. The van der Waals surface area contributed by atoms with E-state index >= 15 is 0 Å². The minimum atomic E-state index is -4.92. The smallest absolute Gasteiger partial charge is 0.425 e. The molecule has 0 fully saturated rings. The van der Waals surface area contributed by atoms with Crippen LogP contribution in [-0.4, -0.2) is 29.2 Å². The number of aromatic nitrogens is 1. The quantitative estimate of drug-likeness (QED) is 0.323. The predicted octanol–water partition coefficient (Wildman–Crippen LogP) is 4.47. The summed E-state index contributed by atoms with van der Waals surface area (Å²) in [6.45, 7) is 1.19. The van der Waals surface area contributed by atoms with Crippen LogP contribution in [-0.2, 0) is 4.74 Å². The van der Waals surface area contributed by atoms with Crippen LogP contribution >= 0.6 is 11.6 Å². The van der Waals surface area contributed by atoms with Crippen molar-refractivity contribution in [3.8, 4) is 6.07 Å². The van der Waals surface area contributed by atoms with Crippen LogP contribution in [0.4, 0.5) is 27.6 Å². The third-order valence-electron chi connectivity index (χ3n) is 4.23. The van der Waals surface area contributed by atoms with Gasteiger partial charge in [0.15, 0.2) is 17.7 Å². The maximum absolute atomic E-state index is 14.3. The summed E-state index contributed by atoms with van der Waals surface area (Å²) in [7, 11) is 0. The number of benzene rings is 1. The van der Waals surface area contributed by atoms with Crippen LogP contribution in [0.5, 0.6) is 0 Å². The molecule has 2 aromatic rings. The average molecular weight is 476 g/mol. The number of alkyl halides is 3. The Morgan fingerprint density at radius 1 is 1.38 bits per heavy atom. The molecule has 0 aliphatic rings. The SMILES string of the molecule is C[C@H](CC(OC(=N)N)C(F)(F)F)c1cc(NC(=O)c2ncc(C#N)cc2Cl)cc(F)c1F. The van der Waals surface area contributed by atoms with Crippen LogP contribution in [0, 0.1) is 28.4 Å². The molecule has 7 nitrogen and oxygen atoms in total. The third-order valence-corrected chi connectivity index (χ3v) is 4.52. The molecule has 170 valence electrons. The standard InChI is InChI=1S/C19H15ClF5N5O2/c1-8(2-14(19(23,24)25)32-18(27)28)11-4-10(5-13(21)15(11)22)30-17(31)16-12(20)3-9(6-26)7-29-16/h3-5,7-8,14H,2H2,1H3,(H3,27,28)(H,30,31)/t8-,14?/m1/s1. The molecule has 0 radical (unpaired) electrons. The first kappa shape index (κ1) is 24.8. The fourth-order valence-corrected chi connectivity index (χ4v) is 3.00. The largest absolute Gasteiger partial charge is 0.453 e. The average Bonchev–Trinajstić information content (AvgIpc) is 2.68. The number of hydrogen-bond acceptors (Lipinski definition) is 5. The van der Waals surface area contributed by atoms with Gasteiger partial charge in [-0.05, 0) is 23.6 Å². The maximum atomic E-state index is 14.3. The number of amides is 1. The number of rotatable bonds is 6. The van der Waals surface area contributed by atoms with Crippen molar-refractivity contribution in [3.63, 3.8) is 0 Å². The predicted molar refractivity (Wildman–Crippen MR) is 104 cm³/mol. The number of nitriles is 1. The van der Waals surface area contributed by atoms with Gasteiger partial charge in [0.05, 0.1) is 10.6 Å². The highest BCUT2D eigenvalue weighted by Gasteiger charge is 2.43. The summed E-state index contributed by atoms with van der Waals surface area (Å²) in [4.78, 5) is 16.1. The lowest BCUT2D eigenvalue weighted by molar-refractivity contribution is -0.202. The first-order valence-corrected chi connectivity index (χ1v) is 9.14. The summed E-state index contributed by atoms with van der Waals surface area (Å²) in [5.41, 5.74) is 3.90. The molecule has 0 aliphatic carbocycles. The Bertz CT molecular complexity index is 1090. The van der Waals surface area contributed by atoms with E-state index < -0.39 is 53.7 Å². The van der Waals surface area contributed by atoms with Gasteiger partial charge < -0.3 is 15.8 Å². The Balaban J connectivity index is 2.31. The Kier molecular flexibility index (Phi) is 7.58. The molecule has 0 saturated heterocycles. The third kappa shape index (κ3) is 6.04. The first-order valence-electron chi connectivity index (χ1n) is 8.76. The van der Waals surface area contributed by atoms with Crippen LogP contribution < -0.4 is 11.1 Å². The number of halogens is 6. The number of ether oxygens (including phenoxy) is 1. The second kappa shape index (κ2) is 9.78. The van der Waals surface area contributed by atoms with E-state index in [0.29, 0.717) is 6.07 Å². The van der Waals surface area contributed by atoms with Gasteiger partial charge in [-0.15, -0.1) is 0 Å². The zero-order valence-electron chi connectivity index (χ0n) is 16.2. The zero-order valence-corrected chi connectivity index (χ0v) is 17.0. The van der Waals surface area contributed by atoms with Crippen molar-refractivity contribution in [3.05, 3.63) is 57.9 Å². The molecule has 1 unspecified atom stereocenters. The number of nitrogens with one attached hydrogen (secondary N) is 2. The van der Waals surface area contributed by atoms with Crippen LogP contribution in [0.3, 0.4) is 0 Å². The van der Waals surface area contributed by atoms with Gasteiger partial charge in [-0.2, -0.15) is 18.4 Å². The van der Waals surface area contributed by atoms with E-state index in [2.05, 4.69) is 15.0 Å². The molecule has 13 heteroatoms. The van der Waals surface area contributed by atoms with Crippen molar-refractivity contribution in [2.24, 2.45) is 5.73 Å². The number of hydrogen-bond donors (Lipinski definition) is 3. The topological polar surface area (TPSA) is 125 Å². The molecule has 2 rings (SSSR count). The van der Waals surface area contributed by atoms with E-state index in [9.17, 15) is 26.7 Å².